The zero-order chi connectivity index (χ0) is 18.7. The zero-order valence-corrected chi connectivity index (χ0v) is 16.6. The SMILES string of the molecule is Cc1ccc(C(=O)N2c3ccccc3[C@H](SCCCCl)[C@@H](O)[C@@H]2C)cc1. The van der Waals surface area contributed by atoms with E-state index in [0.717, 1.165) is 29.0 Å². The van der Waals surface area contributed by atoms with E-state index < -0.39 is 6.10 Å². The van der Waals surface area contributed by atoms with Gasteiger partial charge < -0.3 is 10.0 Å². The average molecular weight is 390 g/mol. The summed E-state index contributed by atoms with van der Waals surface area (Å²) in [6, 6.07) is 15.2. The minimum absolute atomic E-state index is 0.0496. The lowest BCUT2D eigenvalue weighted by Gasteiger charge is -2.42. The normalized spacial score (nSPS) is 22.2. The second-order valence-corrected chi connectivity index (χ2v) is 8.29. The highest BCUT2D eigenvalue weighted by Gasteiger charge is 2.40. The Bertz CT molecular complexity index is 765. The van der Waals surface area contributed by atoms with Crippen molar-refractivity contribution >= 4 is 35.0 Å². The summed E-state index contributed by atoms with van der Waals surface area (Å²) < 4.78 is 0. The highest BCUT2D eigenvalue weighted by molar-refractivity contribution is 7.99. The van der Waals surface area contributed by atoms with Crippen LogP contribution in [0.4, 0.5) is 5.69 Å². The molecule has 0 saturated heterocycles. The number of amides is 1. The van der Waals surface area contributed by atoms with Crippen LogP contribution >= 0.6 is 23.4 Å². The molecule has 0 spiro atoms. The van der Waals surface area contributed by atoms with E-state index in [1.165, 1.54) is 0 Å². The third-order valence-electron chi connectivity index (χ3n) is 4.81. The number of aryl methyl sites for hydroxylation is 1. The van der Waals surface area contributed by atoms with Gasteiger partial charge in [0.05, 0.1) is 17.4 Å². The number of benzene rings is 2. The Morgan fingerprint density at radius 2 is 1.88 bits per heavy atom. The molecular weight excluding hydrogens is 366 g/mol. The van der Waals surface area contributed by atoms with Gasteiger partial charge in [-0.25, -0.2) is 0 Å². The molecule has 1 N–H and O–H groups in total. The van der Waals surface area contributed by atoms with E-state index in [1.54, 1.807) is 16.7 Å². The molecule has 3 rings (SSSR count). The third-order valence-corrected chi connectivity index (χ3v) is 6.49. The molecule has 1 aliphatic heterocycles. The van der Waals surface area contributed by atoms with E-state index >= 15 is 0 Å². The summed E-state index contributed by atoms with van der Waals surface area (Å²) >= 11 is 7.52. The van der Waals surface area contributed by atoms with Crippen LogP contribution in [0.3, 0.4) is 0 Å². The molecule has 2 aromatic rings. The highest BCUT2D eigenvalue weighted by atomic mass is 35.5. The van der Waals surface area contributed by atoms with Gasteiger partial charge in [-0.15, -0.1) is 11.6 Å². The molecule has 0 radical (unpaired) electrons. The van der Waals surface area contributed by atoms with Crippen LogP contribution in [0.5, 0.6) is 0 Å². The van der Waals surface area contributed by atoms with Gasteiger partial charge in [0.1, 0.15) is 0 Å². The fourth-order valence-corrected chi connectivity index (χ4v) is 5.00. The minimum Gasteiger partial charge on any atom is -0.389 e. The number of anilines is 1. The molecule has 26 heavy (non-hydrogen) atoms. The number of para-hydroxylation sites is 1. The predicted molar refractivity (Wildman–Crippen MR) is 110 cm³/mol. The fourth-order valence-electron chi connectivity index (χ4n) is 3.34. The number of aliphatic hydroxyl groups is 1. The number of rotatable bonds is 5. The van der Waals surface area contributed by atoms with Crippen LogP contribution < -0.4 is 4.90 Å². The Balaban J connectivity index is 1.96. The third kappa shape index (κ3) is 3.78. The molecule has 1 heterocycles. The smallest absolute Gasteiger partial charge is 0.258 e. The van der Waals surface area contributed by atoms with Crippen LogP contribution in [0.2, 0.25) is 0 Å². The van der Waals surface area contributed by atoms with Crippen molar-refractivity contribution in [2.24, 2.45) is 0 Å². The van der Waals surface area contributed by atoms with Gasteiger partial charge in [0.2, 0.25) is 0 Å². The lowest BCUT2D eigenvalue weighted by Crippen LogP contribution is -2.51. The van der Waals surface area contributed by atoms with Crippen molar-refractivity contribution < 1.29 is 9.90 Å². The summed E-state index contributed by atoms with van der Waals surface area (Å²) in [5.41, 5.74) is 3.65. The number of nitrogens with zero attached hydrogens (tertiary/aromatic N) is 1. The molecule has 0 unspecified atom stereocenters. The number of alkyl halides is 1. The molecule has 3 atom stereocenters. The molecule has 0 aromatic heterocycles. The molecule has 1 amide bonds. The second-order valence-electron chi connectivity index (χ2n) is 6.67. The number of thioether (sulfide) groups is 1. The first kappa shape index (κ1) is 19.3. The Kier molecular flexibility index (Phi) is 6.28. The summed E-state index contributed by atoms with van der Waals surface area (Å²) in [4.78, 5) is 14.9. The quantitative estimate of drug-likeness (QED) is 0.589. The van der Waals surface area contributed by atoms with E-state index in [2.05, 4.69) is 0 Å². The molecule has 2 aromatic carbocycles. The summed E-state index contributed by atoms with van der Waals surface area (Å²) in [6.45, 7) is 3.92. The molecule has 0 saturated carbocycles. The van der Waals surface area contributed by atoms with E-state index in [4.69, 9.17) is 11.6 Å². The number of hydrogen-bond donors (Lipinski definition) is 1. The van der Waals surface area contributed by atoms with Crippen molar-refractivity contribution in [3.63, 3.8) is 0 Å². The summed E-state index contributed by atoms with van der Waals surface area (Å²) in [7, 11) is 0. The summed E-state index contributed by atoms with van der Waals surface area (Å²) in [5.74, 6) is 1.43. The van der Waals surface area contributed by atoms with Crippen LogP contribution in [-0.4, -0.2) is 34.8 Å². The Labute approximate surface area is 164 Å². The van der Waals surface area contributed by atoms with Crippen molar-refractivity contribution in [3.05, 3.63) is 65.2 Å². The van der Waals surface area contributed by atoms with Crippen LogP contribution in [0, 0.1) is 6.92 Å². The van der Waals surface area contributed by atoms with Crippen molar-refractivity contribution in [1.82, 2.24) is 0 Å². The number of carbonyl (C=O) groups excluding carboxylic acids is 1. The number of hydrogen-bond acceptors (Lipinski definition) is 3. The van der Waals surface area contributed by atoms with Crippen molar-refractivity contribution in [3.8, 4) is 0 Å². The van der Waals surface area contributed by atoms with Crippen LogP contribution in [-0.2, 0) is 0 Å². The molecule has 1 aliphatic rings. The Morgan fingerprint density at radius 3 is 2.58 bits per heavy atom. The van der Waals surface area contributed by atoms with Crippen molar-refractivity contribution in [1.29, 1.82) is 0 Å². The fraction of sp³-hybridized carbons (Fsp3) is 0.381. The van der Waals surface area contributed by atoms with Gasteiger partial charge in [-0.2, -0.15) is 11.8 Å². The maximum atomic E-state index is 13.2. The van der Waals surface area contributed by atoms with E-state index in [1.807, 2.05) is 62.4 Å². The summed E-state index contributed by atoms with van der Waals surface area (Å²) in [5, 5.41) is 10.9. The van der Waals surface area contributed by atoms with Crippen LogP contribution in [0.15, 0.2) is 48.5 Å². The first-order chi connectivity index (χ1) is 12.5. The van der Waals surface area contributed by atoms with Gasteiger partial charge in [0.15, 0.2) is 0 Å². The Morgan fingerprint density at radius 1 is 1.19 bits per heavy atom. The first-order valence-corrected chi connectivity index (χ1v) is 10.5. The van der Waals surface area contributed by atoms with E-state index in [9.17, 15) is 9.90 Å². The number of aliphatic hydroxyl groups excluding tert-OH is 1. The molecule has 0 bridgehead atoms. The highest BCUT2D eigenvalue weighted by Crippen LogP contribution is 2.45. The van der Waals surface area contributed by atoms with Crippen LogP contribution in [0.25, 0.3) is 0 Å². The van der Waals surface area contributed by atoms with Crippen molar-refractivity contribution in [2.45, 2.75) is 37.7 Å². The molecule has 138 valence electrons. The number of halogens is 1. The maximum Gasteiger partial charge on any atom is 0.258 e. The molecular formula is C21H24ClNO2S. The first-order valence-electron chi connectivity index (χ1n) is 8.89. The molecule has 0 aliphatic carbocycles. The topological polar surface area (TPSA) is 40.5 Å². The largest absolute Gasteiger partial charge is 0.389 e. The van der Waals surface area contributed by atoms with Gasteiger partial charge in [-0.1, -0.05) is 35.9 Å². The number of fused-ring (bicyclic) bond motifs is 1. The van der Waals surface area contributed by atoms with Gasteiger partial charge in [-0.3, -0.25) is 4.79 Å². The van der Waals surface area contributed by atoms with E-state index in [-0.39, 0.29) is 17.2 Å². The maximum absolute atomic E-state index is 13.2. The Hall–Kier alpha value is -1.49. The molecule has 0 fully saturated rings. The lowest BCUT2D eigenvalue weighted by atomic mass is 9.92. The van der Waals surface area contributed by atoms with Crippen LogP contribution in [0.1, 0.15) is 40.1 Å². The van der Waals surface area contributed by atoms with Gasteiger partial charge >= 0.3 is 0 Å². The standard InChI is InChI=1S/C21H24ClNO2S/c1-14-8-10-16(11-9-14)21(25)23-15(2)19(24)20(26-13-5-12-22)17-6-3-4-7-18(17)23/h3-4,6-11,15,19-20,24H,5,12-13H2,1-2H3/t15-,19-,20-/m0/s1. The van der Waals surface area contributed by atoms with Gasteiger partial charge in [0.25, 0.3) is 5.91 Å². The second kappa shape index (κ2) is 8.47. The monoisotopic (exact) mass is 389 g/mol. The van der Waals surface area contributed by atoms with Gasteiger partial charge in [0, 0.05) is 17.1 Å². The minimum atomic E-state index is -0.625. The summed E-state index contributed by atoms with van der Waals surface area (Å²) in [6.07, 6.45) is 0.275. The molecule has 5 heteroatoms. The van der Waals surface area contributed by atoms with Crippen molar-refractivity contribution in [2.75, 3.05) is 16.5 Å². The molecule has 3 nitrogen and oxygen atoms in total. The van der Waals surface area contributed by atoms with Gasteiger partial charge in [-0.05, 0) is 49.8 Å². The zero-order valence-electron chi connectivity index (χ0n) is 15.1. The lowest BCUT2D eigenvalue weighted by molar-refractivity contribution is 0.0902. The van der Waals surface area contributed by atoms with E-state index in [0.29, 0.717) is 11.4 Å². The average Bonchev–Trinajstić information content (AvgIpc) is 2.65. The predicted octanol–water partition coefficient (Wildman–Crippen LogP) is 4.81. The number of carbonyl (C=O) groups is 1.